The molecule has 6 rings (SSSR count). The Bertz CT molecular complexity index is 1610. The molecule has 0 N–H and O–H groups in total. The summed E-state index contributed by atoms with van der Waals surface area (Å²) in [5, 5.41) is 11.9. The van der Waals surface area contributed by atoms with E-state index in [1.807, 2.05) is 18.2 Å². The number of amides is 1. The van der Waals surface area contributed by atoms with E-state index in [1.54, 1.807) is 11.1 Å². The van der Waals surface area contributed by atoms with Crippen LogP contribution in [-0.4, -0.2) is 89.1 Å². The van der Waals surface area contributed by atoms with Gasteiger partial charge in [0.1, 0.15) is 23.4 Å². The Morgan fingerprint density at radius 3 is 2.82 bits per heavy atom. The van der Waals surface area contributed by atoms with Gasteiger partial charge in [-0.25, -0.2) is 9.37 Å². The topological polar surface area (TPSA) is 102 Å². The van der Waals surface area contributed by atoms with Crippen LogP contribution < -0.4 is 14.5 Å². The summed E-state index contributed by atoms with van der Waals surface area (Å²) in [6.45, 7) is 7.29. The minimum Gasteiger partial charge on any atom is -0.462 e. The number of likely N-dealkylation sites (N-methyl/N-ethyl adjacent to an activating group) is 1. The number of hydrogen-bond donors (Lipinski definition) is 0. The molecule has 1 aromatic carbocycles. The molecule has 0 saturated carbocycles. The Hall–Kier alpha value is -4.01. The average Bonchev–Trinajstić information content (AvgIpc) is 3.43. The van der Waals surface area contributed by atoms with Crippen LogP contribution in [0.1, 0.15) is 36.9 Å². The van der Waals surface area contributed by atoms with Crippen LogP contribution in [0.4, 0.5) is 15.9 Å². The number of ether oxygens (including phenoxy) is 1. The number of piperazine rings is 1. The monoisotopic (exact) mass is 618 g/mol. The molecule has 2 atom stereocenters. The van der Waals surface area contributed by atoms with E-state index in [0.717, 1.165) is 59.5 Å². The lowest BCUT2D eigenvalue weighted by atomic mass is 10.0. The highest BCUT2D eigenvalue weighted by atomic mass is 35.5. The minimum absolute atomic E-state index is 0.134. The van der Waals surface area contributed by atoms with Crippen molar-refractivity contribution in [1.29, 1.82) is 5.26 Å². The summed E-state index contributed by atoms with van der Waals surface area (Å²) in [6.07, 6.45) is 4.36. The Labute approximate surface area is 261 Å². The van der Waals surface area contributed by atoms with E-state index < -0.39 is 11.9 Å². The third-order valence-electron chi connectivity index (χ3n) is 8.94. The molecule has 3 aliphatic heterocycles. The van der Waals surface area contributed by atoms with Crippen molar-refractivity contribution < 1.29 is 13.9 Å². The van der Waals surface area contributed by atoms with Crippen LogP contribution in [0.25, 0.3) is 10.8 Å². The molecule has 0 aliphatic carbocycles. The number of carbonyl (C=O) groups is 1. The van der Waals surface area contributed by atoms with Crippen LogP contribution >= 0.6 is 11.6 Å². The van der Waals surface area contributed by atoms with E-state index in [2.05, 4.69) is 45.4 Å². The van der Waals surface area contributed by atoms with Gasteiger partial charge in [-0.05, 0) is 50.4 Å². The van der Waals surface area contributed by atoms with E-state index in [4.69, 9.17) is 26.3 Å². The highest BCUT2D eigenvalue weighted by Crippen LogP contribution is 2.37. The number of benzene rings is 1. The van der Waals surface area contributed by atoms with E-state index in [1.165, 1.54) is 0 Å². The summed E-state index contributed by atoms with van der Waals surface area (Å²) in [4.78, 5) is 35.3. The highest BCUT2D eigenvalue weighted by molar-refractivity contribution is 6.35. The van der Waals surface area contributed by atoms with Crippen molar-refractivity contribution in [3.63, 3.8) is 0 Å². The van der Waals surface area contributed by atoms with E-state index >= 15 is 0 Å². The lowest BCUT2D eigenvalue weighted by Crippen LogP contribution is -2.55. The molecule has 0 unspecified atom stereocenters. The van der Waals surface area contributed by atoms with Crippen molar-refractivity contribution in [2.24, 2.45) is 0 Å². The van der Waals surface area contributed by atoms with Gasteiger partial charge in [0.15, 0.2) is 0 Å². The number of carbonyl (C=O) groups excluding carboxylic acids is 1. The maximum atomic E-state index is 13.5. The van der Waals surface area contributed by atoms with Crippen molar-refractivity contribution >= 4 is 39.8 Å². The second-order valence-corrected chi connectivity index (χ2v) is 12.1. The Morgan fingerprint density at radius 1 is 1.18 bits per heavy atom. The molecule has 12 heteroatoms. The summed E-state index contributed by atoms with van der Waals surface area (Å²) in [6, 6.07) is 10.5. The number of nitriles is 1. The zero-order valence-electron chi connectivity index (χ0n) is 24.9. The molecule has 5 heterocycles. The molecule has 44 heavy (non-hydrogen) atoms. The van der Waals surface area contributed by atoms with Gasteiger partial charge in [0.05, 0.1) is 37.2 Å². The minimum atomic E-state index is -0.680. The van der Waals surface area contributed by atoms with Crippen molar-refractivity contribution in [3.05, 3.63) is 59.3 Å². The first-order valence-electron chi connectivity index (χ1n) is 15.1. The fourth-order valence-corrected chi connectivity index (χ4v) is 6.90. The molecular weight excluding hydrogens is 583 g/mol. The van der Waals surface area contributed by atoms with Crippen LogP contribution in [0.3, 0.4) is 0 Å². The molecule has 3 aromatic rings. The van der Waals surface area contributed by atoms with Gasteiger partial charge in [0.25, 0.3) is 0 Å². The summed E-state index contributed by atoms with van der Waals surface area (Å²) < 4.78 is 19.8. The number of nitrogens with zero attached hydrogens (tertiary/aromatic N) is 8. The molecule has 0 spiro atoms. The van der Waals surface area contributed by atoms with Gasteiger partial charge in [-0.1, -0.05) is 30.3 Å². The largest absolute Gasteiger partial charge is 0.462 e. The maximum Gasteiger partial charge on any atom is 0.318 e. The van der Waals surface area contributed by atoms with Gasteiger partial charge >= 0.3 is 6.01 Å². The van der Waals surface area contributed by atoms with Crippen molar-refractivity contribution in [1.82, 2.24) is 24.8 Å². The first-order chi connectivity index (χ1) is 21.3. The predicted octanol–water partition coefficient (Wildman–Crippen LogP) is 4.52. The molecule has 0 bridgehead atoms. The number of hydrogen-bond acceptors (Lipinski definition) is 9. The fourth-order valence-electron chi connectivity index (χ4n) is 6.63. The van der Waals surface area contributed by atoms with Gasteiger partial charge in [0.2, 0.25) is 5.91 Å². The van der Waals surface area contributed by atoms with Crippen LogP contribution in [-0.2, 0) is 17.8 Å². The summed E-state index contributed by atoms with van der Waals surface area (Å²) in [5.41, 5.74) is 2.90. The maximum absolute atomic E-state index is 13.5. The molecule has 2 aromatic heterocycles. The molecule has 3 aliphatic rings. The van der Waals surface area contributed by atoms with Gasteiger partial charge in [-0.2, -0.15) is 15.2 Å². The van der Waals surface area contributed by atoms with Crippen LogP contribution in [0, 0.1) is 11.3 Å². The number of aromatic nitrogens is 3. The van der Waals surface area contributed by atoms with E-state index in [-0.39, 0.29) is 18.7 Å². The molecule has 10 nitrogen and oxygen atoms in total. The summed E-state index contributed by atoms with van der Waals surface area (Å²) in [7, 11) is 2.11. The second kappa shape index (κ2) is 12.9. The lowest BCUT2D eigenvalue weighted by Gasteiger charge is -2.42. The number of rotatable bonds is 8. The normalized spacial score (nSPS) is 20.5. The van der Waals surface area contributed by atoms with Gasteiger partial charge in [-0.15, -0.1) is 0 Å². The summed E-state index contributed by atoms with van der Waals surface area (Å²) >= 11 is 6.58. The molecule has 0 radical (unpaired) electrons. The zero-order chi connectivity index (χ0) is 30.8. The van der Waals surface area contributed by atoms with Gasteiger partial charge < -0.3 is 24.3 Å². The van der Waals surface area contributed by atoms with Crippen molar-refractivity contribution in [2.45, 2.75) is 50.7 Å². The van der Waals surface area contributed by atoms with E-state index in [0.29, 0.717) is 56.4 Å². The van der Waals surface area contributed by atoms with Gasteiger partial charge in [0, 0.05) is 55.1 Å². The first kappa shape index (κ1) is 30.0. The van der Waals surface area contributed by atoms with Crippen LogP contribution in [0.5, 0.6) is 6.01 Å². The fraction of sp³-hybridized carbons (Fsp3) is 0.469. The number of fused-ring (bicyclic) bond motifs is 2. The predicted molar refractivity (Wildman–Crippen MR) is 167 cm³/mol. The number of pyridine rings is 1. The first-order valence-corrected chi connectivity index (χ1v) is 15.5. The molecule has 2 saturated heterocycles. The van der Waals surface area contributed by atoms with Crippen molar-refractivity contribution in [2.75, 3.05) is 56.2 Å². The van der Waals surface area contributed by atoms with Gasteiger partial charge in [-0.3, -0.25) is 4.79 Å². The second-order valence-electron chi connectivity index (χ2n) is 11.7. The third-order valence-corrected chi connectivity index (χ3v) is 9.22. The number of anilines is 2. The standard InChI is InChI=1S/C32H36ClFN8O2/c1-21(34)17-28(43)42-16-15-41(18-23(42)8-11-35)31-25-10-14-40(27-7-3-5-22-9-12-36-30(33)29(22)27)19-26(25)37-32(38-31)44-20-24-6-4-13-39(24)2/h3,5,7,9,12,23-24H,1,4,6,8,10,13-20H2,2H3/t23-,24-/m0/s1. The Balaban J connectivity index is 1.32. The molecule has 1 amide bonds. The molecule has 230 valence electrons. The zero-order valence-corrected chi connectivity index (χ0v) is 25.6. The van der Waals surface area contributed by atoms with Crippen molar-refractivity contribution in [3.8, 4) is 12.1 Å². The average molecular weight is 619 g/mol. The SMILES string of the molecule is C=C(F)CC(=O)N1CCN(c2nc(OC[C@@H]3CCCN3C)nc3c2CCN(c2cccc4ccnc(Cl)c24)C3)C[C@@H]1CC#N. The molecular formula is C32H36ClFN8O2. The molecule has 2 fully saturated rings. The Morgan fingerprint density at radius 2 is 2.05 bits per heavy atom. The van der Waals surface area contributed by atoms with Crippen LogP contribution in [0.2, 0.25) is 5.15 Å². The number of likely N-dealkylation sites (tertiary alicyclic amines) is 1. The number of halogens is 2. The lowest BCUT2D eigenvalue weighted by molar-refractivity contribution is -0.133. The quantitative estimate of drug-likeness (QED) is 0.337. The Kier molecular flexibility index (Phi) is 8.82. The summed E-state index contributed by atoms with van der Waals surface area (Å²) in [5.74, 6) is -0.266. The third kappa shape index (κ3) is 6.14. The highest BCUT2D eigenvalue weighted by Gasteiger charge is 2.34. The van der Waals surface area contributed by atoms with E-state index in [9.17, 15) is 14.4 Å². The smallest absolute Gasteiger partial charge is 0.318 e. The van der Waals surface area contributed by atoms with Crippen LogP contribution in [0.15, 0.2) is 42.9 Å².